The Morgan fingerprint density at radius 2 is 1.83 bits per heavy atom. The van der Waals surface area contributed by atoms with E-state index in [1.54, 1.807) is 7.05 Å². The van der Waals surface area contributed by atoms with E-state index in [-0.39, 0.29) is 5.91 Å². The first kappa shape index (κ1) is 16.2. The van der Waals surface area contributed by atoms with Crippen molar-refractivity contribution in [2.24, 2.45) is 0 Å². The number of benzene rings is 2. The molecular formula is C19H21BrN2O. The summed E-state index contributed by atoms with van der Waals surface area (Å²) in [7, 11) is 1.66. The van der Waals surface area contributed by atoms with Crippen LogP contribution in [0.2, 0.25) is 0 Å². The second-order valence-electron chi connectivity index (χ2n) is 6.04. The highest BCUT2D eigenvalue weighted by molar-refractivity contribution is 9.10. The largest absolute Gasteiger partial charge is 0.355 e. The molecule has 1 N–H and O–H groups in total. The van der Waals surface area contributed by atoms with Crippen LogP contribution < -0.4 is 5.32 Å². The molecule has 3 nitrogen and oxygen atoms in total. The Balaban J connectivity index is 1.69. The molecule has 3 rings (SSSR count). The highest BCUT2D eigenvalue weighted by atomic mass is 79.9. The Labute approximate surface area is 145 Å². The Kier molecular flexibility index (Phi) is 5.13. The minimum atomic E-state index is -0.0373. The molecule has 23 heavy (non-hydrogen) atoms. The first-order chi connectivity index (χ1) is 11.2. The Morgan fingerprint density at radius 3 is 2.43 bits per heavy atom. The molecule has 0 radical (unpaired) electrons. The van der Waals surface area contributed by atoms with E-state index >= 15 is 0 Å². The molecule has 2 aromatic carbocycles. The minimum Gasteiger partial charge on any atom is -0.355 e. The number of hydrogen-bond acceptors (Lipinski definition) is 2. The zero-order valence-corrected chi connectivity index (χ0v) is 14.8. The third-order valence-electron chi connectivity index (χ3n) is 4.17. The van der Waals surface area contributed by atoms with Gasteiger partial charge in [-0.25, -0.2) is 0 Å². The first-order valence-electron chi connectivity index (χ1n) is 7.95. The van der Waals surface area contributed by atoms with Crippen LogP contribution in [0.3, 0.4) is 0 Å². The van der Waals surface area contributed by atoms with Gasteiger partial charge in [0.1, 0.15) is 0 Å². The molecule has 0 heterocycles. The van der Waals surface area contributed by atoms with Gasteiger partial charge in [-0.2, -0.15) is 0 Å². The van der Waals surface area contributed by atoms with Crippen molar-refractivity contribution in [3.05, 3.63) is 69.7 Å². The fourth-order valence-electron chi connectivity index (χ4n) is 2.76. The summed E-state index contributed by atoms with van der Waals surface area (Å²) in [6.07, 6.45) is 2.56. The molecule has 4 heteroatoms. The van der Waals surface area contributed by atoms with Crippen molar-refractivity contribution in [1.82, 2.24) is 10.2 Å². The molecule has 120 valence electrons. The number of carbonyl (C=O) groups excluding carboxylic acids is 1. The standard InChI is InChI=1S/C19H21BrN2O/c1-21-19(23)16-7-5-14(6-8-16)12-22(18-9-10-18)13-15-3-2-4-17(20)11-15/h2-8,11,18H,9-10,12-13H2,1H3,(H,21,23). The van der Waals surface area contributed by atoms with Crippen LogP contribution in [0.15, 0.2) is 53.0 Å². The molecule has 1 aliphatic carbocycles. The van der Waals surface area contributed by atoms with Crippen molar-refractivity contribution in [2.45, 2.75) is 32.0 Å². The number of nitrogens with one attached hydrogen (secondary N) is 1. The maximum absolute atomic E-state index is 11.6. The van der Waals surface area contributed by atoms with E-state index in [2.05, 4.69) is 62.5 Å². The van der Waals surface area contributed by atoms with E-state index in [4.69, 9.17) is 0 Å². The SMILES string of the molecule is CNC(=O)c1ccc(CN(Cc2cccc(Br)c2)C2CC2)cc1. The third kappa shape index (κ3) is 4.43. The fourth-order valence-corrected chi connectivity index (χ4v) is 3.21. The average Bonchev–Trinajstić information content (AvgIpc) is 3.39. The van der Waals surface area contributed by atoms with Gasteiger partial charge in [0.05, 0.1) is 0 Å². The number of halogens is 1. The van der Waals surface area contributed by atoms with Gasteiger partial charge in [0, 0.05) is 36.2 Å². The normalized spacial score (nSPS) is 14.0. The molecule has 0 unspecified atom stereocenters. The van der Waals surface area contributed by atoms with E-state index in [1.165, 1.54) is 24.0 Å². The van der Waals surface area contributed by atoms with E-state index < -0.39 is 0 Å². The molecule has 1 amide bonds. The van der Waals surface area contributed by atoms with Gasteiger partial charge in [-0.3, -0.25) is 9.69 Å². The highest BCUT2D eigenvalue weighted by Crippen LogP contribution is 2.30. The molecule has 2 aromatic rings. The van der Waals surface area contributed by atoms with Crippen LogP contribution in [-0.2, 0) is 13.1 Å². The molecule has 1 fully saturated rings. The fraction of sp³-hybridized carbons (Fsp3) is 0.316. The zero-order chi connectivity index (χ0) is 16.2. The van der Waals surface area contributed by atoms with Gasteiger partial charge in [0.2, 0.25) is 0 Å². The summed E-state index contributed by atoms with van der Waals surface area (Å²) in [6, 6.07) is 17.1. The van der Waals surface area contributed by atoms with Crippen LogP contribution in [0.1, 0.15) is 34.3 Å². The number of amides is 1. The van der Waals surface area contributed by atoms with E-state index in [9.17, 15) is 4.79 Å². The van der Waals surface area contributed by atoms with Gasteiger partial charge in [0.15, 0.2) is 0 Å². The number of hydrogen-bond donors (Lipinski definition) is 1. The summed E-state index contributed by atoms with van der Waals surface area (Å²) < 4.78 is 1.13. The van der Waals surface area contributed by atoms with Crippen LogP contribution in [0, 0.1) is 0 Å². The smallest absolute Gasteiger partial charge is 0.251 e. The van der Waals surface area contributed by atoms with Crippen LogP contribution in [0.5, 0.6) is 0 Å². The lowest BCUT2D eigenvalue weighted by Crippen LogP contribution is -2.25. The minimum absolute atomic E-state index is 0.0373. The molecule has 1 aliphatic rings. The van der Waals surface area contributed by atoms with Crippen molar-refractivity contribution in [3.63, 3.8) is 0 Å². The van der Waals surface area contributed by atoms with Gasteiger partial charge in [-0.1, -0.05) is 40.2 Å². The Bertz CT molecular complexity index is 680. The zero-order valence-electron chi connectivity index (χ0n) is 13.3. The summed E-state index contributed by atoms with van der Waals surface area (Å²) in [4.78, 5) is 14.1. The quantitative estimate of drug-likeness (QED) is 0.831. The van der Waals surface area contributed by atoms with Crippen molar-refractivity contribution in [3.8, 4) is 0 Å². The van der Waals surface area contributed by atoms with Gasteiger partial charge >= 0.3 is 0 Å². The third-order valence-corrected chi connectivity index (χ3v) is 4.66. The number of rotatable bonds is 6. The van der Waals surface area contributed by atoms with Crippen LogP contribution in [-0.4, -0.2) is 23.9 Å². The summed E-state index contributed by atoms with van der Waals surface area (Å²) >= 11 is 3.54. The second-order valence-corrected chi connectivity index (χ2v) is 6.96. The molecule has 0 spiro atoms. The van der Waals surface area contributed by atoms with E-state index in [1.807, 2.05) is 12.1 Å². The Hall–Kier alpha value is -1.65. The topological polar surface area (TPSA) is 32.3 Å². The molecule has 0 aliphatic heterocycles. The maximum Gasteiger partial charge on any atom is 0.251 e. The molecule has 0 aromatic heterocycles. The number of nitrogens with zero attached hydrogens (tertiary/aromatic N) is 1. The lowest BCUT2D eigenvalue weighted by Gasteiger charge is -2.22. The van der Waals surface area contributed by atoms with Crippen LogP contribution in [0.25, 0.3) is 0 Å². The first-order valence-corrected chi connectivity index (χ1v) is 8.74. The lowest BCUT2D eigenvalue weighted by atomic mass is 10.1. The van der Waals surface area contributed by atoms with Crippen molar-refractivity contribution >= 4 is 21.8 Å². The lowest BCUT2D eigenvalue weighted by molar-refractivity contribution is 0.0963. The predicted molar refractivity (Wildman–Crippen MR) is 96.2 cm³/mol. The maximum atomic E-state index is 11.6. The summed E-state index contributed by atoms with van der Waals surface area (Å²) in [5.41, 5.74) is 3.29. The van der Waals surface area contributed by atoms with Crippen molar-refractivity contribution < 1.29 is 4.79 Å². The molecular weight excluding hydrogens is 352 g/mol. The van der Waals surface area contributed by atoms with Crippen LogP contribution in [0.4, 0.5) is 0 Å². The molecule has 0 bridgehead atoms. The summed E-state index contributed by atoms with van der Waals surface area (Å²) in [6.45, 7) is 1.88. The highest BCUT2D eigenvalue weighted by Gasteiger charge is 2.28. The number of carbonyl (C=O) groups is 1. The predicted octanol–water partition coefficient (Wildman–Crippen LogP) is 3.97. The van der Waals surface area contributed by atoms with Gasteiger partial charge in [-0.15, -0.1) is 0 Å². The van der Waals surface area contributed by atoms with Gasteiger partial charge in [0.25, 0.3) is 5.91 Å². The monoisotopic (exact) mass is 372 g/mol. The van der Waals surface area contributed by atoms with E-state index in [0.717, 1.165) is 17.6 Å². The average molecular weight is 373 g/mol. The van der Waals surface area contributed by atoms with Crippen molar-refractivity contribution in [2.75, 3.05) is 7.05 Å². The van der Waals surface area contributed by atoms with Crippen LogP contribution >= 0.6 is 15.9 Å². The van der Waals surface area contributed by atoms with Crippen molar-refractivity contribution in [1.29, 1.82) is 0 Å². The molecule has 0 atom stereocenters. The van der Waals surface area contributed by atoms with Gasteiger partial charge in [-0.05, 0) is 48.2 Å². The molecule has 1 saturated carbocycles. The summed E-state index contributed by atoms with van der Waals surface area (Å²) in [5.74, 6) is -0.0373. The molecule has 0 saturated heterocycles. The van der Waals surface area contributed by atoms with Gasteiger partial charge < -0.3 is 5.32 Å². The summed E-state index contributed by atoms with van der Waals surface area (Å²) in [5, 5.41) is 2.65. The Morgan fingerprint density at radius 1 is 1.13 bits per heavy atom. The second kappa shape index (κ2) is 7.28. The van der Waals surface area contributed by atoms with E-state index in [0.29, 0.717) is 11.6 Å².